The first-order chi connectivity index (χ1) is 14.2. The van der Waals surface area contributed by atoms with Gasteiger partial charge in [-0.3, -0.25) is 9.59 Å². The van der Waals surface area contributed by atoms with Crippen LogP contribution in [0.4, 0.5) is 0 Å². The normalized spacial score (nSPS) is 11.7. The zero-order chi connectivity index (χ0) is 20.3. The molecule has 1 atom stereocenters. The Hall–Kier alpha value is -2.79. The van der Waals surface area contributed by atoms with Crippen molar-refractivity contribution in [2.45, 2.75) is 31.1 Å². The second-order valence-corrected chi connectivity index (χ2v) is 7.82. The van der Waals surface area contributed by atoms with Crippen molar-refractivity contribution in [2.75, 3.05) is 5.75 Å². The van der Waals surface area contributed by atoms with Crippen molar-refractivity contribution in [1.29, 1.82) is 0 Å². The highest BCUT2D eigenvalue weighted by molar-refractivity contribution is 7.99. The summed E-state index contributed by atoms with van der Waals surface area (Å²) in [7, 11) is 0. The van der Waals surface area contributed by atoms with Crippen molar-refractivity contribution in [2.24, 2.45) is 0 Å². The van der Waals surface area contributed by atoms with Gasteiger partial charge in [0, 0.05) is 6.42 Å². The van der Waals surface area contributed by atoms with Gasteiger partial charge in [-0.25, -0.2) is 0 Å². The number of nitrogens with one attached hydrogen (secondary N) is 1. The van der Waals surface area contributed by atoms with Gasteiger partial charge in [-0.2, -0.15) is 0 Å². The molecule has 0 radical (unpaired) electrons. The largest absolute Gasteiger partial charge is 0.468 e. The maximum atomic E-state index is 12.8. The molecule has 0 bridgehead atoms. The van der Waals surface area contributed by atoms with Crippen LogP contribution < -0.4 is 5.32 Å². The Labute approximate surface area is 175 Å². The highest BCUT2D eigenvalue weighted by Crippen LogP contribution is 2.14. The number of carbonyl (C=O) groups excluding carboxylic acids is 2. The molecule has 1 heterocycles. The quantitative estimate of drug-likeness (QED) is 0.510. The molecule has 1 amide bonds. The van der Waals surface area contributed by atoms with Crippen LogP contribution in [0.1, 0.15) is 23.3 Å². The molecule has 0 spiro atoms. The van der Waals surface area contributed by atoms with E-state index in [0.717, 1.165) is 16.9 Å². The lowest BCUT2D eigenvalue weighted by Gasteiger charge is -2.18. The predicted octanol–water partition coefficient (Wildman–Crippen LogP) is 4.44. The van der Waals surface area contributed by atoms with Crippen molar-refractivity contribution >= 4 is 23.5 Å². The summed E-state index contributed by atoms with van der Waals surface area (Å²) >= 11 is 1.50. The number of Topliss-reactive ketones (excluding diaryl/α,β-unsaturated/α-hetero) is 1. The number of benzene rings is 2. The first-order valence-electron chi connectivity index (χ1n) is 9.71. The van der Waals surface area contributed by atoms with E-state index in [2.05, 4.69) is 5.32 Å². The third-order valence-electron chi connectivity index (χ3n) is 4.56. The van der Waals surface area contributed by atoms with Gasteiger partial charge in [0.25, 0.3) is 0 Å². The Balaban J connectivity index is 1.55. The van der Waals surface area contributed by atoms with Gasteiger partial charge in [0.15, 0.2) is 5.78 Å². The molecule has 0 aliphatic heterocycles. The minimum absolute atomic E-state index is 0.0264. The summed E-state index contributed by atoms with van der Waals surface area (Å²) in [4.78, 5) is 25.3. The van der Waals surface area contributed by atoms with Crippen LogP contribution >= 0.6 is 11.8 Å². The van der Waals surface area contributed by atoms with Gasteiger partial charge in [-0.1, -0.05) is 60.7 Å². The van der Waals surface area contributed by atoms with Gasteiger partial charge >= 0.3 is 0 Å². The molecule has 0 unspecified atom stereocenters. The predicted molar refractivity (Wildman–Crippen MR) is 117 cm³/mol. The molecule has 29 heavy (non-hydrogen) atoms. The number of carbonyl (C=O) groups is 2. The van der Waals surface area contributed by atoms with E-state index in [1.807, 2.05) is 72.8 Å². The third-order valence-corrected chi connectivity index (χ3v) is 5.54. The average molecular weight is 408 g/mol. The molecule has 1 aromatic heterocycles. The minimum Gasteiger partial charge on any atom is -0.468 e. The van der Waals surface area contributed by atoms with E-state index in [0.29, 0.717) is 30.8 Å². The van der Waals surface area contributed by atoms with E-state index in [4.69, 9.17) is 4.42 Å². The maximum absolute atomic E-state index is 12.8. The van der Waals surface area contributed by atoms with Gasteiger partial charge in [0.05, 0.1) is 23.8 Å². The van der Waals surface area contributed by atoms with E-state index in [9.17, 15) is 9.59 Å². The van der Waals surface area contributed by atoms with E-state index >= 15 is 0 Å². The van der Waals surface area contributed by atoms with E-state index in [1.165, 1.54) is 11.8 Å². The van der Waals surface area contributed by atoms with Gasteiger partial charge < -0.3 is 9.73 Å². The molecular weight excluding hydrogens is 382 g/mol. The van der Waals surface area contributed by atoms with Crippen molar-refractivity contribution in [3.05, 3.63) is 95.9 Å². The van der Waals surface area contributed by atoms with Crippen LogP contribution in [0.15, 0.2) is 83.5 Å². The topological polar surface area (TPSA) is 59.3 Å². The van der Waals surface area contributed by atoms with Crippen LogP contribution in [0.5, 0.6) is 0 Å². The number of thioether (sulfide) groups is 1. The van der Waals surface area contributed by atoms with Crippen LogP contribution in [0.25, 0.3) is 0 Å². The molecule has 0 fully saturated rings. The monoisotopic (exact) mass is 407 g/mol. The van der Waals surface area contributed by atoms with E-state index in [1.54, 1.807) is 6.26 Å². The number of ketones is 1. The summed E-state index contributed by atoms with van der Waals surface area (Å²) in [6.07, 6.45) is 3.15. The molecule has 0 saturated carbocycles. The molecule has 1 N–H and O–H groups in total. The minimum atomic E-state index is -0.523. The fourth-order valence-corrected chi connectivity index (χ4v) is 3.88. The summed E-state index contributed by atoms with van der Waals surface area (Å²) in [6.45, 7) is 0. The standard InChI is InChI=1S/C24H25NO3S/c26-23(18-29-17-21-12-7-15-28-21)22(16-20-10-5-2-6-11-20)25-24(27)14-13-19-8-3-1-4-9-19/h1-12,15,22H,13-14,16-18H2,(H,25,27)/t22-/m0/s1. The molecule has 150 valence electrons. The zero-order valence-electron chi connectivity index (χ0n) is 16.3. The van der Waals surface area contributed by atoms with Crippen LogP contribution in [-0.4, -0.2) is 23.5 Å². The van der Waals surface area contributed by atoms with Crippen molar-refractivity contribution < 1.29 is 14.0 Å². The van der Waals surface area contributed by atoms with Gasteiger partial charge in [0.2, 0.25) is 5.91 Å². The average Bonchev–Trinajstić information content (AvgIpc) is 3.27. The Bertz CT molecular complexity index is 879. The summed E-state index contributed by atoms with van der Waals surface area (Å²) in [5, 5.41) is 2.95. The highest BCUT2D eigenvalue weighted by atomic mass is 32.2. The number of hydrogen-bond acceptors (Lipinski definition) is 4. The van der Waals surface area contributed by atoms with Crippen molar-refractivity contribution in [1.82, 2.24) is 5.32 Å². The third kappa shape index (κ3) is 7.27. The van der Waals surface area contributed by atoms with Gasteiger partial charge in [-0.15, -0.1) is 11.8 Å². The summed E-state index contributed by atoms with van der Waals surface area (Å²) in [5.41, 5.74) is 2.15. The molecule has 0 aliphatic carbocycles. The summed E-state index contributed by atoms with van der Waals surface area (Å²) < 4.78 is 5.31. The smallest absolute Gasteiger partial charge is 0.220 e. The lowest BCUT2D eigenvalue weighted by Crippen LogP contribution is -2.43. The second kappa shape index (κ2) is 11.3. The van der Waals surface area contributed by atoms with Crippen LogP contribution in [0.3, 0.4) is 0 Å². The molecule has 0 saturated heterocycles. The number of furan rings is 1. The second-order valence-electron chi connectivity index (χ2n) is 6.83. The molecule has 2 aromatic carbocycles. The molecule has 4 nitrogen and oxygen atoms in total. The zero-order valence-corrected chi connectivity index (χ0v) is 17.1. The number of rotatable bonds is 11. The Morgan fingerprint density at radius 2 is 1.59 bits per heavy atom. The lowest BCUT2D eigenvalue weighted by molar-refractivity contribution is -0.126. The first kappa shape index (κ1) is 20.9. The van der Waals surface area contributed by atoms with E-state index < -0.39 is 6.04 Å². The van der Waals surface area contributed by atoms with E-state index in [-0.39, 0.29) is 11.7 Å². The molecular formula is C24H25NO3S. The van der Waals surface area contributed by atoms with Crippen LogP contribution in [0, 0.1) is 0 Å². The van der Waals surface area contributed by atoms with Crippen LogP contribution in [-0.2, 0) is 28.2 Å². The fraction of sp³-hybridized carbons (Fsp3) is 0.250. The van der Waals surface area contributed by atoms with Gasteiger partial charge in [-0.05, 0) is 36.1 Å². The Morgan fingerprint density at radius 3 is 2.24 bits per heavy atom. The highest BCUT2D eigenvalue weighted by Gasteiger charge is 2.21. The van der Waals surface area contributed by atoms with Crippen molar-refractivity contribution in [3.63, 3.8) is 0 Å². The maximum Gasteiger partial charge on any atom is 0.220 e. The Kier molecular flexibility index (Phi) is 8.13. The molecule has 3 rings (SSSR count). The molecule has 0 aliphatic rings. The lowest BCUT2D eigenvalue weighted by atomic mass is 10.0. The van der Waals surface area contributed by atoms with Crippen LogP contribution in [0.2, 0.25) is 0 Å². The number of amides is 1. The fourth-order valence-electron chi connectivity index (χ4n) is 3.01. The Morgan fingerprint density at radius 1 is 0.897 bits per heavy atom. The van der Waals surface area contributed by atoms with Gasteiger partial charge in [0.1, 0.15) is 5.76 Å². The summed E-state index contributed by atoms with van der Waals surface area (Å²) in [5.74, 6) is 1.74. The molecule has 5 heteroatoms. The number of hydrogen-bond donors (Lipinski definition) is 1. The molecule has 3 aromatic rings. The first-order valence-corrected chi connectivity index (χ1v) is 10.9. The summed E-state index contributed by atoms with van der Waals surface area (Å²) in [6, 6.07) is 22.9. The SMILES string of the molecule is O=C(CCc1ccccc1)N[C@@H](Cc1ccccc1)C(=O)CSCc1ccco1. The number of aryl methyl sites for hydroxylation is 1. The van der Waals surface area contributed by atoms with Crippen molar-refractivity contribution in [3.8, 4) is 0 Å².